The molecule has 2 aromatic heterocycles. The molecule has 0 unspecified atom stereocenters. The Morgan fingerprint density at radius 1 is 0.907 bits per heavy atom. The minimum Gasteiger partial charge on any atom is -0.451 e. The van der Waals surface area contributed by atoms with Gasteiger partial charge in [-0.05, 0) is 30.3 Å². The van der Waals surface area contributed by atoms with E-state index in [1.807, 2.05) is 67.6 Å². The number of pyridine rings is 1. The lowest BCUT2D eigenvalue weighted by Gasteiger charge is -2.35. The van der Waals surface area contributed by atoms with Gasteiger partial charge in [0.2, 0.25) is 0 Å². The number of methoxy groups -OCH3 is 1. The minimum absolute atomic E-state index is 0.442. The summed E-state index contributed by atoms with van der Waals surface area (Å²) in [6.07, 6.45) is -0.712. The first-order valence-electron chi connectivity index (χ1n) is 14.0. The van der Waals surface area contributed by atoms with Crippen molar-refractivity contribution < 1.29 is 19.0 Å². The molecule has 0 bridgehead atoms. The van der Waals surface area contributed by atoms with Gasteiger partial charge in [-0.15, -0.1) is 0 Å². The number of aromatic nitrogens is 3. The van der Waals surface area contributed by atoms with Gasteiger partial charge in [0.25, 0.3) is 5.91 Å². The van der Waals surface area contributed by atoms with Crippen LogP contribution in [0.5, 0.6) is 0 Å². The zero-order valence-electron chi connectivity index (χ0n) is 23.9. The highest BCUT2D eigenvalue weighted by atomic mass is 16.6. The number of carbonyl (C=O) groups excluding carboxylic acids is 2. The molecule has 11 nitrogen and oxygen atoms in total. The Balaban J connectivity index is 1.41. The number of nitrogens with one attached hydrogen (secondary N) is 1. The summed E-state index contributed by atoms with van der Waals surface area (Å²) in [6.45, 7) is 5.26. The van der Waals surface area contributed by atoms with Crippen molar-refractivity contribution in [3.63, 3.8) is 0 Å². The summed E-state index contributed by atoms with van der Waals surface area (Å²) in [7, 11) is 1.28. The largest absolute Gasteiger partial charge is 0.451 e. The highest BCUT2D eigenvalue weighted by Gasteiger charge is 2.28. The van der Waals surface area contributed by atoms with Crippen molar-refractivity contribution in [1.82, 2.24) is 25.6 Å². The van der Waals surface area contributed by atoms with Crippen molar-refractivity contribution in [2.75, 3.05) is 43.2 Å². The molecule has 1 N–H and O–H groups in total. The molecule has 6 rings (SSSR count). The maximum Gasteiger partial charge on any atom is 0.433 e. The zero-order valence-corrected chi connectivity index (χ0v) is 23.9. The number of nitrogens with zero attached hydrogens (tertiary/aromatic N) is 6. The van der Waals surface area contributed by atoms with Gasteiger partial charge in [-0.25, -0.2) is 14.4 Å². The minimum atomic E-state index is -0.712. The van der Waals surface area contributed by atoms with E-state index in [9.17, 15) is 9.59 Å². The molecule has 2 amide bonds. The number of para-hydroxylation sites is 2. The summed E-state index contributed by atoms with van der Waals surface area (Å²) in [4.78, 5) is 36.7. The van der Waals surface area contributed by atoms with Crippen molar-refractivity contribution in [1.29, 1.82) is 0 Å². The molecule has 11 heteroatoms. The van der Waals surface area contributed by atoms with Crippen LogP contribution in [0.2, 0.25) is 0 Å². The summed E-state index contributed by atoms with van der Waals surface area (Å²) in [5, 5.41) is 9.79. The van der Waals surface area contributed by atoms with E-state index in [1.165, 1.54) is 7.11 Å². The number of hydrogen-bond acceptors (Lipinski definition) is 9. The molecule has 0 radical (unpaired) electrons. The zero-order chi connectivity index (χ0) is 29.8. The predicted molar refractivity (Wildman–Crippen MR) is 162 cm³/mol. The number of aryl methyl sites for hydroxylation is 1. The predicted octanol–water partition coefficient (Wildman–Crippen LogP) is 4.83. The molecule has 1 aliphatic rings. The lowest BCUT2D eigenvalue weighted by molar-refractivity contribution is 0.0940. The van der Waals surface area contributed by atoms with E-state index >= 15 is 0 Å². The van der Waals surface area contributed by atoms with E-state index in [2.05, 4.69) is 25.5 Å². The van der Waals surface area contributed by atoms with Gasteiger partial charge in [0, 0.05) is 49.2 Å². The van der Waals surface area contributed by atoms with Crippen LogP contribution in [0.15, 0.2) is 89.6 Å². The standard InChI is InChI=1S/C32H31N7O4/c1-22-30(36-43-35-22)38-19-17-37(18-20-38)21-26-28(31(40)34-39(32(41)42-2)24-13-7-4-8-14-24)25-15-9-10-16-27(25)33-29(26)23-11-5-3-6-12-23/h3-16H,17-21H2,1-2H3,(H,34,40). The highest BCUT2D eigenvalue weighted by molar-refractivity contribution is 6.10. The summed E-state index contributed by atoms with van der Waals surface area (Å²) < 4.78 is 9.93. The third-order valence-corrected chi connectivity index (χ3v) is 7.53. The second-order valence-corrected chi connectivity index (χ2v) is 10.2. The van der Waals surface area contributed by atoms with Gasteiger partial charge in [0.15, 0.2) is 5.82 Å². The lowest BCUT2D eigenvalue weighted by Crippen LogP contribution is -2.48. The normalized spacial score (nSPS) is 13.6. The fraction of sp³-hybridized carbons (Fsp3) is 0.219. The van der Waals surface area contributed by atoms with Gasteiger partial charge < -0.3 is 9.64 Å². The van der Waals surface area contributed by atoms with E-state index in [0.717, 1.165) is 53.8 Å². The van der Waals surface area contributed by atoms with Crippen molar-refractivity contribution in [2.45, 2.75) is 13.5 Å². The number of hydrogen-bond donors (Lipinski definition) is 1. The van der Waals surface area contributed by atoms with E-state index < -0.39 is 12.0 Å². The second kappa shape index (κ2) is 12.3. The average molecular weight is 578 g/mol. The summed E-state index contributed by atoms with van der Waals surface area (Å²) in [5.41, 5.74) is 7.56. The molecule has 1 aliphatic heterocycles. The Hall–Kier alpha value is -5.29. The Kier molecular flexibility index (Phi) is 7.96. The topological polar surface area (TPSA) is 117 Å². The van der Waals surface area contributed by atoms with Crippen molar-refractivity contribution in [2.24, 2.45) is 0 Å². The van der Waals surface area contributed by atoms with Crippen LogP contribution in [-0.2, 0) is 11.3 Å². The molecule has 3 heterocycles. The molecule has 0 saturated carbocycles. The van der Waals surface area contributed by atoms with E-state index in [1.54, 1.807) is 24.3 Å². The Bertz CT molecular complexity index is 1740. The van der Waals surface area contributed by atoms with E-state index in [4.69, 9.17) is 14.3 Å². The smallest absolute Gasteiger partial charge is 0.433 e. The van der Waals surface area contributed by atoms with Crippen LogP contribution in [-0.4, -0.2) is 65.5 Å². The average Bonchev–Trinajstić information content (AvgIpc) is 3.49. The number of ether oxygens (including phenoxy) is 1. The summed E-state index contributed by atoms with van der Waals surface area (Å²) in [6, 6.07) is 26.3. The van der Waals surface area contributed by atoms with Crippen molar-refractivity contribution >= 4 is 34.4 Å². The molecule has 0 atom stereocenters. The lowest BCUT2D eigenvalue weighted by atomic mass is 9.95. The quantitative estimate of drug-likeness (QED) is 0.283. The number of amides is 2. The van der Waals surface area contributed by atoms with E-state index in [0.29, 0.717) is 34.4 Å². The molecule has 1 saturated heterocycles. The van der Waals surface area contributed by atoms with Crippen LogP contribution in [0.3, 0.4) is 0 Å². The van der Waals surface area contributed by atoms with Crippen molar-refractivity contribution in [3.8, 4) is 11.3 Å². The van der Waals surface area contributed by atoms with E-state index in [-0.39, 0.29) is 0 Å². The van der Waals surface area contributed by atoms with Crippen LogP contribution in [0.4, 0.5) is 16.3 Å². The van der Waals surface area contributed by atoms with Gasteiger partial charge in [-0.3, -0.25) is 15.1 Å². The SMILES string of the molecule is COC(=O)N(NC(=O)c1c(CN2CCN(c3nonc3C)CC2)c(-c2ccccc2)nc2ccccc12)c1ccccc1. The fourth-order valence-electron chi connectivity index (χ4n) is 5.40. The number of rotatable bonds is 6. The summed E-state index contributed by atoms with van der Waals surface area (Å²) >= 11 is 0. The molecular formula is C32H31N7O4. The maximum atomic E-state index is 14.3. The van der Waals surface area contributed by atoms with Gasteiger partial charge in [-0.2, -0.15) is 5.01 Å². The van der Waals surface area contributed by atoms with Crippen LogP contribution >= 0.6 is 0 Å². The highest BCUT2D eigenvalue weighted by Crippen LogP contribution is 2.32. The summed E-state index contributed by atoms with van der Waals surface area (Å²) in [5.74, 6) is 0.309. The monoisotopic (exact) mass is 577 g/mol. The number of carbonyl (C=O) groups is 2. The van der Waals surface area contributed by atoms with Gasteiger partial charge in [0.1, 0.15) is 5.69 Å². The van der Waals surface area contributed by atoms with Crippen LogP contribution in [0, 0.1) is 6.92 Å². The molecule has 218 valence electrons. The first-order chi connectivity index (χ1) is 21.0. The first kappa shape index (κ1) is 27.9. The molecule has 0 aliphatic carbocycles. The Morgan fingerprint density at radius 3 is 2.26 bits per heavy atom. The number of anilines is 2. The number of hydrazine groups is 1. The third kappa shape index (κ3) is 5.75. The molecule has 5 aromatic rings. The molecule has 3 aromatic carbocycles. The van der Waals surface area contributed by atoms with Gasteiger partial charge in [0.05, 0.1) is 29.6 Å². The Labute approximate surface area is 248 Å². The third-order valence-electron chi connectivity index (χ3n) is 7.53. The van der Waals surface area contributed by atoms with Crippen LogP contribution < -0.4 is 15.3 Å². The first-order valence-corrected chi connectivity index (χ1v) is 14.0. The fourth-order valence-corrected chi connectivity index (χ4v) is 5.40. The maximum absolute atomic E-state index is 14.3. The van der Waals surface area contributed by atoms with Crippen LogP contribution in [0.1, 0.15) is 21.6 Å². The number of fused-ring (bicyclic) bond motifs is 1. The van der Waals surface area contributed by atoms with Gasteiger partial charge in [-0.1, -0.05) is 71.9 Å². The van der Waals surface area contributed by atoms with Crippen LogP contribution in [0.25, 0.3) is 22.2 Å². The molecule has 1 fully saturated rings. The molecular weight excluding hydrogens is 546 g/mol. The van der Waals surface area contributed by atoms with Crippen molar-refractivity contribution in [3.05, 3.63) is 102 Å². The number of piperazine rings is 1. The Morgan fingerprint density at radius 2 is 1.58 bits per heavy atom. The second-order valence-electron chi connectivity index (χ2n) is 10.2. The number of benzene rings is 3. The molecule has 0 spiro atoms. The molecule has 43 heavy (non-hydrogen) atoms. The van der Waals surface area contributed by atoms with Gasteiger partial charge >= 0.3 is 6.09 Å².